The van der Waals surface area contributed by atoms with Crippen molar-refractivity contribution in [2.24, 2.45) is 0 Å². The van der Waals surface area contributed by atoms with Gasteiger partial charge in [-0.2, -0.15) is 4.98 Å². The quantitative estimate of drug-likeness (QED) is 0.687. The molecule has 4 nitrogen and oxygen atoms in total. The van der Waals surface area contributed by atoms with Crippen LogP contribution in [0.1, 0.15) is 11.5 Å². The van der Waals surface area contributed by atoms with E-state index in [4.69, 9.17) is 16.0 Å². The number of anilines is 1. The van der Waals surface area contributed by atoms with Gasteiger partial charge in [0.15, 0.2) is 0 Å². The summed E-state index contributed by atoms with van der Waals surface area (Å²) in [7, 11) is 1.96. The van der Waals surface area contributed by atoms with Crippen LogP contribution in [0.4, 0.5) is 5.82 Å². The van der Waals surface area contributed by atoms with Gasteiger partial charge in [0.05, 0.1) is 12.1 Å². The molecule has 0 aliphatic rings. The lowest BCUT2D eigenvalue weighted by Gasteiger charge is -2.18. The number of rotatable bonds is 3. The van der Waals surface area contributed by atoms with Crippen LogP contribution >= 0.6 is 11.6 Å². The molecule has 3 rings (SSSR count). The normalized spacial score (nSPS) is 10.9. The van der Waals surface area contributed by atoms with E-state index < -0.39 is 0 Å². The van der Waals surface area contributed by atoms with Crippen LogP contribution in [0.25, 0.3) is 10.9 Å². The summed E-state index contributed by atoms with van der Waals surface area (Å²) in [6.07, 6.45) is 0. The van der Waals surface area contributed by atoms with Crippen LogP contribution in [0.3, 0.4) is 0 Å². The number of hydrogen-bond donors (Lipinski definition) is 0. The minimum atomic E-state index is 0.251. The first-order valence-corrected chi connectivity index (χ1v) is 6.70. The van der Waals surface area contributed by atoms with Gasteiger partial charge in [0.1, 0.15) is 17.3 Å². The van der Waals surface area contributed by atoms with E-state index in [-0.39, 0.29) is 5.28 Å². The molecular weight excluding hydrogens is 274 g/mol. The van der Waals surface area contributed by atoms with Crippen LogP contribution in [0, 0.1) is 6.92 Å². The zero-order chi connectivity index (χ0) is 14.1. The Bertz CT molecular complexity index is 754. The Morgan fingerprint density at radius 2 is 1.95 bits per heavy atom. The van der Waals surface area contributed by atoms with Crippen molar-refractivity contribution in [1.82, 2.24) is 9.97 Å². The third-order valence-electron chi connectivity index (χ3n) is 3.11. The van der Waals surface area contributed by atoms with Gasteiger partial charge in [0.2, 0.25) is 5.28 Å². The van der Waals surface area contributed by atoms with E-state index in [9.17, 15) is 0 Å². The van der Waals surface area contributed by atoms with Crippen molar-refractivity contribution in [3.63, 3.8) is 0 Å². The molecule has 0 N–H and O–H groups in total. The van der Waals surface area contributed by atoms with Crippen molar-refractivity contribution >= 4 is 28.3 Å². The van der Waals surface area contributed by atoms with E-state index in [0.29, 0.717) is 6.54 Å². The van der Waals surface area contributed by atoms with Gasteiger partial charge in [-0.25, -0.2) is 4.98 Å². The fourth-order valence-corrected chi connectivity index (χ4v) is 2.37. The van der Waals surface area contributed by atoms with Crippen molar-refractivity contribution < 1.29 is 4.42 Å². The van der Waals surface area contributed by atoms with Gasteiger partial charge in [-0.15, -0.1) is 0 Å². The van der Waals surface area contributed by atoms with Crippen LogP contribution in [-0.2, 0) is 6.54 Å². The minimum Gasteiger partial charge on any atom is -0.464 e. The van der Waals surface area contributed by atoms with E-state index in [0.717, 1.165) is 28.2 Å². The van der Waals surface area contributed by atoms with Crippen molar-refractivity contribution in [3.05, 3.63) is 53.2 Å². The molecular formula is C15H14ClN3O. The smallest absolute Gasteiger partial charge is 0.224 e. The summed E-state index contributed by atoms with van der Waals surface area (Å²) >= 11 is 6.00. The standard InChI is InChI=1S/C15H14ClN3O/c1-10-7-8-11(20-10)9-19(2)14-12-5-3-4-6-13(12)17-15(16)18-14/h3-8H,9H2,1-2H3. The second kappa shape index (κ2) is 5.13. The van der Waals surface area contributed by atoms with E-state index >= 15 is 0 Å². The summed E-state index contributed by atoms with van der Waals surface area (Å²) in [6.45, 7) is 2.56. The second-order valence-corrected chi connectivity index (χ2v) is 5.04. The van der Waals surface area contributed by atoms with Gasteiger partial charge in [-0.3, -0.25) is 0 Å². The summed E-state index contributed by atoms with van der Waals surface area (Å²) in [5.74, 6) is 2.59. The molecule has 0 amide bonds. The number of furan rings is 1. The molecule has 0 aliphatic heterocycles. The highest BCUT2D eigenvalue weighted by atomic mass is 35.5. The van der Waals surface area contributed by atoms with Crippen LogP contribution in [0.15, 0.2) is 40.8 Å². The van der Waals surface area contributed by atoms with Gasteiger partial charge in [-0.05, 0) is 42.8 Å². The number of benzene rings is 1. The Morgan fingerprint density at radius 1 is 1.15 bits per heavy atom. The molecule has 0 bridgehead atoms. The molecule has 0 fully saturated rings. The Kier molecular flexibility index (Phi) is 3.32. The van der Waals surface area contributed by atoms with Crippen molar-refractivity contribution in [2.45, 2.75) is 13.5 Å². The maximum Gasteiger partial charge on any atom is 0.224 e. The van der Waals surface area contributed by atoms with Crippen LogP contribution in [0.2, 0.25) is 5.28 Å². The highest BCUT2D eigenvalue weighted by Crippen LogP contribution is 2.25. The van der Waals surface area contributed by atoms with Crippen molar-refractivity contribution in [3.8, 4) is 0 Å². The lowest BCUT2D eigenvalue weighted by Crippen LogP contribution is -2.18. The van der Waals surface area contributed by atoms with Gasteiger partial charge in [-0.1, -0.05) is 12.1 Å². The first-order chi connectivity index (χ1) is 9.63. The number of fused-ring (bicyclic) bond motifs is 1. The highest BCUT2D eigenvalue weighted by molar-refractivity contribution is 6.28. The summed E-state index contributed by atoms with van der Waals surface area (Å²) in [5, 5.41) is 1.23. The fourth-order valence-electron chi connectivity index (χ4n) is 2.20. The summed E-state index contributed by atoms with van der Waals surface area (Å²) < 4.78 is 5.60. The Balaban J connectivity index is 2.00. The largest absolute Gasteiger partial charge is 0.464 e. The molecule has 3 aromatic rings. The van der Waals surface area contributed by atoms with Crippen molar-refractivity contribution in [2.75, 3.05) is 11.9 Å². The lowest BCUT2D eigenvalue weighted by atomic mass is 10.2. The molecule has 2 aromatic heterocycles. The molecule has 0 aliphatic carbocycles. The fraction of sp³-hybridized carbons (Fsp3) is 0.200. The number of aromatic nitrogens is 2. The number of halogens is 1. The zero-order valence-corrected chi connectivity index (χ0v) is 12.1. The monoisotopic (exact) mass is 287 g/mol. The van der Waals surface area contributed by atoms with E-state index in [2.05, 4.69) is 9.97 Å². The van der Waals surface area contributed by atoms with E-state index in [1.807, 2.05) is 55.3 Å². The number of para-hydroxylation sites is 1. The van der Waals surface area contributed by atoms with E-state index in [1.165, 1.54) is 0 Å². The first-order valence-electron chi connectivity index (χ1n) is 6.32. The Morgan fingerprint density at radius 3 is 2.70 bits per heavy atom. The average molecular weight is 288 g/mol. The molecule has 2 heterocycles. The molecule has 0 unspecified atom stereocenters. The lowest BCUT2D eigenvalue weighted by molar-refractivity contribution is 0.481. The van der Waals surface area contributed by atoms with Gasteiger partial charge in [0, 0.05) is 12.4 Å². The molecule has 0 atom stereocenters. The van der Waals surface area contributed by atoms with Crippen molar-refractivity contribution in [1.29, 1.82) is 0 Å². The van der Waals surface area contributed by atoms with Crippen LogP contribution in [0.5, 0.6) is 0 Å². The summed E-state index contributed by atoms with van der Waals surface area (Å²) in [4.78, 5) is 10.6. The number of hydrogen-bond acceptors (Lipinski definition) is 4. The summed E-state index contributed by atoms with van der Waals surface area (Å²) in [5.41, 5.74) is 0.838. The predicted octanol–water partition coefficient (Wildman–Crippen LogP) is 3.82. The molecule has 0 saturated carbocycles. The molecule has 5 heteroatoms. The maximum absolute atomic E-state index is 6.00. The minimum absolute atomic E-state index is 0.251. The second-order valence-electron chi connectivity index (χ2n) is 4.70. The van der Waals surface area contributed by atoms with Gasteiger partial charge >= 0.3 is 0 Å². The average Bonchev–Trinajstić information content (AvgIpc) is 2.83. The first kappa shape index (κ1) is 12.9. The SMILES string of the molecule is Cc1ccc(CN(C)c2nc(Cl)nc3ccccc23)o1. The van der Waals surface area contributed by atoms with Crippen LogP contribution in [-0.4, -0.2) is 17.0 Å². The number of aryl methyl sites for hydroxylation is 1. The van der Waals surface area contributed by atoms with Gasteiger partial charge < -0.3 is 9.32 Å². The molecule has 102 valence electrons. The molecule has 0 saturated heterocycles. The van der Waals surface area contributed by atoms with E-state index in [1.54, 1.807) is 0 Å². The predicted molar refractivity (Wildman–Crippen MR) is 80.1 cm³/mol. The third kappa shape index (κ3) is 2.47. The topological polar surface area (TPSA) is 42.2 Å². The maximum atomic E-state index is 6.00. The third-order valence-corrected chi connectivity index (χ3v) is 3.28. The van der Waals surface area contributed by atoms with Crippen LogP contribution < -0.4 is 4.90 Å². The Hall–Kier alpha value is -2.07. The summed E-state index contributed by atoms with van der Waals surface area (Å²) in [6, 6.07) is 11.7. The zero-order valence-electron chi connectivity index (χ0n) is 11.3. The highest BCUT2D eigenvalue weighted by Gasteiger charge is 2.12. The molecule has 20 heavy (non-hydrogen) atoms. The molecule has 0 spiro atoms. The Labute approximate surface area is 122 Å². The molecule has 0 radical (unpaired) electrons. The van der Waals surface area contributed by atoms with Gasteiger partial charge in [0.25, 0.3) is 0 Å². The molecule has 1 aromatic carbocycles. The number of nitrogens with zero attached hydrogens (tertiary/aromatic N) is 3.